The Hall–Kier alpha value is -2.62. The molecule has 2 aromatic carbocycles. The molecule has 1 aliphatic heterocycles. The lowest BCUT2D eigenvalue weighted by Crippen LogP contribution is -2.51. The number of halogens is 2. The summed E-state index contributed by atoms with van der Waals surface area (Å²) in [6.45, 7) is 5.27. The molecular weight excluding hydrogens is 525 g/mol. The van der Waals surface area contributed by atoms with Crippen LogP contribution in [0.3, 0.4) is 0 Å². The van der Waals surface area contributed by atoms with Crippen LogP contribution in [0.15, 0.2) is 47.4 Å². The van der Waals surface area contributed by atoms with Crippen LogP contribution in [0.1, 0.15) is 56.0 Å². The lowest BCUT2D eigenvalue weighted by atomic mass is 10.1. The molecule has 0 unspecified atom stereocenters. The fraction of sp³-hybridized carbons (Fsp3) is 0.400. The monoisotopic (exact) mass is 553 g/mol. The summed E-state index contributed by atoms with van der Waals surface area (Å²) in [4.78, 5) is 40.6. The number of sulfonamides is 1. The maximum absolute atomic E-state index is 13.5. The number of carbonyl (C=O) groups excluding carboxylic acids is 3. The first kappa shape index (κ1) is 28.0. The van der Waals surface area contributed by atoms with Crippen molar-refractivity contribution in [1.29, 1.82) is 0 Å². The van der Waals surface area contributed by atoms with Crippen LogP contribution in [-0.2, 0) is 26.2 Å². The zero-order valence-corrected chi connectivity index (χ0v) is 22.7. The molecule has 1 aliphatic rings. The van der Waals surface area contributed by atoms with Crippen LogP contribution in [-0.4, -0.2) is 54.0 Å². The summed E-state index contributed by atoms with van der Waals surface area (Å²) in [6.07, 6.45) is 0.748. The van der Waals surface area contributed by atoms with Crippen LogP contribution in [0.2, 0.25) is 10.0 Å². The summed E-state index contributed by atoms with van der Waals surface area (Å²) in [5.41, 5.74) is 0.663. The van der Waals surface area contributed by atoms with E-state index in [4.69, 9.17) is 23.2 Å². The van der Waals surface area contributed by atoms with Gasteiger partial charge >= 0.3 is 0 Å². The van der Waals surface area contributed by atoms with Gasteiger partial charge in [0.15, 0.2) is 0 Å². The number of hydrogen-bond acceptors (Lipinski definition) is 5. The molecule has 2 aromatic rings. The van der Waals surface area contributed by atoms with Gasteiger partial charge in [-0.15, -0.1) is 0 Å². The Morgan fingerprint density at radius 1 is 1.08 bits per heavy atom. The van der Waals surface area contributed by atoms with Gasteiger partial charge in [0.2, 0.25) is 11.8 Å². The number of amides is 3. The lowest BCUT2D eigenvalue weighted by Gasteiger charge is -2.32. The van der Waals surface area contributed by atoms with Gasteiger partial charge in [0.05, 0.1) is 5.56 Å². The van der Waals surface area contributed by atoms with E-state index in [1.54, 1.807) is 31.2 Å². The molecular formula is C25H29Cl2N3O5S. The zero-order chi connectivity index (χ0) is 26.6. The molecule has 0 spiro atoms. The summed E-state index contributed by atoms with van der Waals surface area (Å²) < 4.78 is 26.5. The van der Waals surface area contributed by atoms with Gasteiger partial charge in [-0.1, -0.05) is 55.2 Å². The second-order valence-electron chi connectivity index (χ2n) is 8.63. The minimum absolute atomic E-state index is 0.0161. The Balaban J connectivity index is 1.86. The molecule has 1 heterocycles. The van der Waals surface area contributed by atoms with E-state index in [1.807, 2.05) is 13.8 Å². The Morgan fingerprint density at radius 3 is 2.39 bits per heavy atom. The maximum Gasteiger partial charge on any atom is 0.269 e. The number of fused-ring (bicyclic) bond motifs is 1. The van der Waals surface area contributed by atoms with Crippen LogP contribution < -0.4 is 5.32 Å². The van der Waals surface area contributed by atoms with E-state index in [0.717, 1.165) is 0 Å². The number of rotatable bonds is 10. The van der Waals surface area contributed by atoms with Gasteiger partial charge in [0.1, 0.15) is 10.9 Å². The van der Waals surface area contributed by atoms with Crippen LogP contribution in [0.25, 0.3) is 0 Å². The number of nitrogens with one attached hydrogen (secondary N) is 1. The van der Waals surface area contributed by atoms with E-state index in [0.29, 0.717) is 32.8 Å². The molecule has 1 N–H and O–H groups in total. The van der Waals surface area contributed by atoms with Gasteiger partial charge in [-0.3, -0.25) is 14.4 Å². The number of benzene rings is 2. The van der Waals surface area contributed by atoms with Crippen LogP contribution >= 0.6 is 23.2 Å². The molecule has 0 aromatic heterocycles. The molecule has 194 valence electrons. The zero-order valence-electron chi connectivity index (χ0n) is 20.3. The van der Waals surface area contributed by atoms with Gasteiger partial charge in [-0.2, -0.15) is 0 Å². The largest absolute Gasteiger partial charge is 0.352 e. The third kappa shape index (κ3) is 5.85. The lowest BCUT2D eigenvalue weighted by molar-refractivity contribution is -0.141. The smallest absolute Gasteiger partial charge is 0.269 e. The number of hydrogen-bond donors (Lipinski definition) is 1. The highest BCUT2D eigenvalue weighted by molar-refractivity contribution is 7.90. The third-order valence-corrected chi connectivity index (χ3v) is 8.61. The predicted octanol–water partition coefficient (Wildman–Crippen LogP) is 4.25. The van der Waals surface area contributed by atoms with E-state index >= 15 is 0 Å². The van der Waals surface area contributed by atoms with Crippen LogP contribution in [0.5, 0.6) is 0 Å². The fourth-order valence-electron chi connectivity index (χ4n) is 3.99. The molecule has 2 atom stereocenters. The second-order valence-corrected chi connectivity index (χ2v) is 11.3. The van der Waals surface area contributed by atoms with E-state index in [1.165, 1.54) is 23.1 Å². The van der Waals surface area contributed by atoms with Crippen molar-refractivity contribution in [2.24, 2.45) is 0 Å². The highest BCUT2D eigenvalue weighted by atomic mass is 35.5. The van der Waals surface area contributed by atoms with Crippen molar-refractivity contribution in [2.75, 3.05) is 6.54 Å². The third-order valence-electron chi connectivity index (χ3n) is 6.18. The Morgan fingerprint density at radius 2 is 1.78 bits per heavy atom. The summed E-state index contributed by atoms with van der Waals surface area (Å²) in [5, 5.41) is 3.68. The van der Waals surface area contributed by atoms with Crippen molar-refractivity contribution in [3.63, 3.8) is 0 Å². The van der Waals surface area contributed by atoms with Crippen molar-refractivity contribution in [3.8, 4) is 0 Å². The summed E-state index contributed by atoms with van der Waals surface area (Å²) in [5.74, 6) is -1.47. The first-order valence-electron chi connectivity index (χ1n) is 11.7. The number of nitrogens with zero attached hydrogens (tertiary/aromatic N) is 2. The fourth-order valence-corrected chi connectivity index (χ4v) is 6.02. The second kappa shape index (κ2) is 11.6. The van der Waals surface area contributed by atoms with Crippen molar-refractivity contribution in [3.05, 3.63) is 63.6 Å². The van der Waals surface area contributed by atoms with Crippen molar-refractivity contribution in [1.82, 2.24) is 14.5 Å². The van der Waals surface area contributed by atoms with E-state index in [-0.39, 0.29) is 41.9 Å². The predicted molar refractivity (Wildman–Crippen MR) is 138 cm³/mol. The first-order chi connectivity index (χ1) is 17.0. The van der Waals surface area contributed by atoms with E-state index in [2.05, 4.69) is 5.32 Å². The standard InChI is InChI=1S/C25H29Cl2N3O5S/c1-4-16(3)28-24(32)21(5-2)29(15-17-10-11-18(26)14-20(17)27)23(31)12-13-30-25(33)19-8-6-7-9-22(19)36(30,34)35/h6-11,14,16,21H,4-5,12-13,15H2,1-3H3,(H,28,32)/t16-,21+/m1/s1. The van der Waals surface area contributed by atoms with Gasteiger partial charge in [-0.25, -0.2) is 12.7 Å². The minimum atomic E-state index is -4.05. The normalized spacial score (nSPS) is 15.8. The average Bonchev–Trinajstić information content (AvgIpc) is 3.03. The summed E-state index contributed by atoms with van der Waals surface area (Å²) in [6, 6.07) is 9.89. The van der Waals surface area contributed by atoms with Crippen LogP contribution in [0, 0.1) is 0 Å². The van der Waals surface area contributed by atoms with Gasteiger partial charge in [0, 0.05) is 35.6 Å². The quantitative estimate of drug-likeness (QED) is 0.473. The van der Waals surface area contributed by atoms with Gasteiger partial charge in [0.25, 0.3) is 15.9 Å². The SMILES string of the molecule is CC[C@@H](C)NC(=O)[C@H](CC)N(Cc1ccc(Cl)cc1Cl)C(=O)CCN1C(=O)c2ccccc2S1(=O)=O. The Kier molecular flexibility index (Phi) is 9.03. The van der Waals surface area contributed by atoms with E-state index < -0.39 is 27.9 Å². The summed E-state index contributed by atoms with van der Waals surface area (Å²) in [7, 11) is -4.05. The highest BCUT2D eigenvalue weighted by Crippen LogP contribution is 2.30. The molecule has 8 nitrogen and oxygen atoms in total. The van der Waals surface area contributed by atoms with Crippen molar-refractivity contribution < 1.29 is 22.8 Å². The first-order valence-corrected chi connectivity index (χ1v) is 13.9. The Bertz CT molecular complexity index is 1270. The highest BCUT2D eigenvalue weighted by Gasteiger charge is 2.41. The van der Waals surface area contributed by atoms with Crippen molar-refractivity contribution in [2.45, 2.75) is 63.6 Å². The van der Waals surface area contributed by atoms with E-state index in [9.17, 15) is 22.8 Å². The minimum Gasteiger partial charge on any atom is -0.352 e. The molecule has 0 aliphatic carbocycles. The van der Waals surface area contributed by atoms with Gasteiger partial charge < -0.3 is 10.2 Å². The molecule has 0 fully saturated rings. The molecule has 0 saturated heterocycles. The summed E-state index contributed by atoms with van der Waals surface area (Å²) >= 11 is 12.4. The topological polar surface area (TPSA) is 104 Å². The average molecular weight is 554 g/mol. The maximum atomic E-state index is 13.5. The van der Waals surface area contributed by atoms with Crippen LogP contribution in [0.4, 0.5) is 0 Å². The van der Waals surface area contributed by atoms with Gasteiger partial charge in [-0.05, 0) is 49.6 Å². The Labute approximate surface area is 221 Å². The molecule has 3 rings (SSSR count). The number of carbonyl (C=O) groups is 3. The molecule has 0 bridgehead atoms. The molecule has 0 saturated carbocycles. The van der Waals surface area contributed by atoms with Crippen molar-refractivity contribution >= 4 is 50.9 Å². The molecule has 11 heteroatoms. The molecule has 36 heavy (non-hydrogen) atoms. The molecule has 3 amide bonds. The molecule has 0 radical (unpaired) electrons.